The number of carbonyl (C=O) groups excluding carboxylic acids is 3. The lowest BCUT2D eigenvalue weighted by Crippen LogP contribution is -2.52. The van der Waals surface area contributed by atoms with Crippen LogP contribution in [0.15, 0.2) is 89.8 Å². The van der Waals surface area contributed by atoms with E-state index in [9.17, 15) is 14.4 Å². The molecule has 0 fully saturated rings. The van der Waals surface area contributed by atoms with Crippen molar-refractivity contribution in [1.82, 2.24) is 15.2 Å². The highest BCUT2D eigenvalue weighted by molar-refractivity contribution is 7.99. The number of likely N-dealkylation sites (N-methyl/N-ethyl adjacent to an activating group) is 1. The fourth-order valence-corrected chi connectivity index (χ4v) is 5.64. The maximum atomic E-state index is 14.1. The first-order valence-electron chi connectivity index (χ1n) is 11.6. The Labute approximate surface area is 213 Å². The van der Waals surface area contributed by atoms with Crippen LogP contribution < -0.4 is 10.2 Å². The first-order valence-corrected chi connectivity index (χ1v) is 12.5. The number of aromatic nitrogens is 1. The molecule has 0 saturated heterocycles. The molecule has 0 spiro atoms. The molecule has 0 radical (unpaired) electrons. The molecule has 0 aliphatic carbocycles. The molecule has 7 nitrogen and oxygen atoms in total. The van der Waals surface area contributed by atoms with Crippen molar-refractivity contribution < 1.29 is 14.4 Å². The number of H-pyrrole nitrogens is 1. The largest absolute Gasteiger partial charge is 0.351 e. The fraction of sp³-hybridized carbons (Fsp3) is 0.179. The van der Waals surface area contributed by atoms with Crippen molar-refractivity contribution in [2.75, 3.05) is 25.5 Å². The normalized spacial score (nSPS) is 17.4. The van der Waals surface area contributed by atoms with Crippen molar-refractivity contribution in [1.29, 1.82) is 0 Å². The second-order valence-electron chi connectivity index (χ2n) is 8.85. The first-order chi connectivity index (χ1) is 17.4. The summed E-state index contributed by atoms with van der Waals surface area (Å²) in [6.07, 6.45) is 0. The third kappa shape index (κ3) is 4.59. The van der Waals surface area contributed by atoms with Crippen molar-refractivity contribution in [2.45, 2.75) is 16.2 Å². The van der Waals surface area contributed by atoms with Gasteiger partial charge in [-0.1, -0.05) is 60.7 Å². The summed E-state index contributed by atoms with van der Waals surface area (Å²) in [6, 6.07) is 25.7. The number of hydrogen-bond acceptors (Lipinski definition) is 4. The number of hydrogen-bond donors (Lipinski definition) is 2. The van der Waals surface area contributed by atoms with Crippen molar-refractivity contribution in [2.24, 2.45) is 0 Å². The molecule has 36 heavy (non-hydrogen) atoms. The lowest BCUT2D eigenvalue weighted by atomic mass is 10.0. The molecule has 2 heterocycles. The average molecular weight is 499 g/mol. The lowest BCUT2D eigenvalue weighted by molar-refractivity contribution is -0.129. The number of nitrogens with one attached hydrogen (secondary N) is 2. The van der Waals surface area contributed by atoms with Crippen LogP contribution in [0.4, 0.5) is 5.69 Å². The zero-order chi connectivity index (χ0) is 25.2. The Kier molecular flexibility index (Phi) is 6.52. The number of rotatable bonds is 5. The zero-order valence-electron chi connectivity index (χ0n) is 20.0. The van der Waals surface area contributed by atoms with Gasteiger partial charge >= 0.3 is 0 Å². The number of fused-ring (bicyclic) bond motifs is 2. The molecule has 0 saturated carbocycles. The van der Waals surface area contributed by atoms with E-state index in [0.717, 1.165) is 21.4 Å². The Bertz CT molecular complexity index is 1400. The molecule has 182 valence electrons. The van der Waals surface area contributed by atoms with Gasteiger partial charge in [-0.3, -0.25) is 14.4 Å². The number of amides is 3. The van der Waals surface area contributed by atoms with E-state index < -0.39 is 11.3 Å². The Morgan fingerprint density at radius 3 is 2.42 bits per heavy atom. The molecular weight excluding hydrogens is 472 g/mol. The molecule has 3 aromatic carbocycles. The van der Waals surface area contributed by atoms with Crippen molar-refractivity contribution in [3.63, 3.8) is 0 Å². The van der Waals surface area contributed by atoms with Crippen LogP contribution in [0.25, 0.3) is 10.9 Å². The number of carbonyl (C=O) groups is 3. The van der Waals surface area contributed by atoms with E-state index in [4.69, 9.17) is 0 Å². The second-order valence-corrected chi connectivity index (χ2v) is 10.0. The number of aromatic amines is 1. The molecular formula is C28H26N4O3S. The zero-order valence-corrected chi connectivity index (χ0v) is 20.8. The molecule has 1 aliphatic rings. The SMILES string of the molecule is CN(C)C(=O)CN1C(=O)[C@H](NC(=O)c2cc3ccccc3[nH]2)[C@@H](c2ccccc2)Sc2ccccc21. The topological polar surface area (TPSA) is 85.5 Å². The summed E-state index contributed by atoms with van der Waals surface area (Å²) < 4.78 is 0. The maximum Gasteiger partial charge on any atom is 0.268 e. The summed E-state index contributed by atoms with van der Waals surface area (Å²) in [5, 5.41) is 3.51. The number of thioether (sulfide) groups is 1. The van der Waals surface area contributed by atoms with Crippen LogP contribution in [-0.2, 0) is 9.59 Å². The van der Waals surface area contributed by atoms with Gasteiger partial charge in [-0.05, 0) is 29.8 Å². The Hall–Kier alpha value is -4.04. The quantitative estimate of drug-likeness (QED) is 0.431. The predicted molar refractivity (Wildman–Crippen MR) is 142 cm³/mol. The van der Waals surface area contributed by atoms with Crippen LogP contribution >= 0.6 is 11.8 Å². The van der Waals surface area contributed by atoms with E-state index in [1.165, 1.54) is 21.6 Å². The van der Waals surface area contributed by atoms with E-state index in [-0.39, 0.29) is 24.3 Å². The third-order valence-corrected chi connectivity index (χ3v) is 7.62. The summed E-state index contributed by atoms with van der Waals surface area (Å²) >= 11 is 1.51. The smallest absolute Gasteiger partial charge is 0.268 e. The van der Waals surface area contributed by atoms with Crippen molar-refractivity contribution in [3.05, 3.63) is 96.2 Å². The monoisotopic (exact) mass is 498 g/mol. The van der Waals surface area contributed by atoms with Crippen LogP contribution in [0.1, 0.15) is 21.3 Å². The average Bonchev–Trinajstić information content (AvgIpc) is 3.30. The van der Waals surface area contributed by atoms with Gasteiger partial charge in [0.1, 0.15) is 18.3 Å². The van der Waals surface area contributed by atoms with Crippen LogP contribution in [0.3, 0.4) is 0 Å². The van der Waals surface area contributed by atoms with Gasteiger partial charge in [0.05, 0.1) is 10.9 Å². The first kappa shape index (κ1) is 23.7. The molecule has 2 atom stereocenters. The summed E-state index contributed by atoms with van der Waals surface area (Å²) in [5.74, 6) is -0.918. The number of anilines is 1. The van der Waals surface area contributed by atoms with Crippen LogP contribution in [-0.4, -0.2) is 54.3 Å². The van der Waals surface area contributed by atoms with Gasteiger partial charge in [0.2, 0.25) is 5.91 Å². The number of para-hydroxylation sites is 2. The number of benzene rings is 3. The molecule has 0 bridgehead atoms. The summed E-state index contributed by atoms with van der Waals surface area (Å²) in [7, 11) is 3.32. The highest BCUT2D eigenvalue weighted by Gasteiger charge is 2.40. The minimum Gasteiger partial charge on any atom is -0.351 e. The maximum absolute atomic E-state index is 14.1. The molecule has 1 aliphatic heterocycles. The fourth-order valence-electron chi connectivity index (χ4n) is 4.30. The Morgan fingerprint density at radius 1 is 0.972 bits per heavy atom. The highest BCUT2D eigenvalue weighted by Crippen LogP contribution is 2.45. The molecule has 3 amide bonds. The standard InChI is InChI=1S/C28H26N4O3S/c1-31(2)24(33)17-32-22-14-8-9-15-23(22)36-26(18-10-4-3-5-11-18)25(28(32)35)30-27(34)21-16-19-12-6-7-13-20(19)29-21/h3-16,25-26,29H,17H2,1-2H3,(H,30,34)/t25-,26-/m1/s1. The summed E-state index contributed by atoms with van der Waals surface area (Å²) in [6.45, 7) is -0.121. The number of nitrogens with zero attached hydrogens (tertiary/aromatic N) is 2. The summed E-state index contributed by atoms with van der Waals surface area (Å²) in [4.78, 5) is 47.2. The summed E-state index contributed by atoms with van der Waals surface area (Å²) in [5.41, 5.74) is 2.78. The Balaban J connectivity index is 1.56. The van der Waals surface area contributed by atoms with Gasteiger partial charge in [0.25, 0.3) is 11.8 Å². The van der Waals surface area contributed by atoms with E-state index in [0.29, 0.717) is 11.4 Å². The van der Waals surface area contributed by atoms with Gasteiger partial charge in [-0.25, -0.2) is 0 Å². The van der Waals surface area contributed by atoms with Gasteiger partial charge in [0.15, 0.2) is 0 Å². The highest BCUT2D eigenvalue weighted by atomic mass is 32.2. The molecule has 4 aromatic rings. The van der Waals surface area contributed by atoms with Gasteiger partial charge in [-0.2, -0.15) is 0 Å². The molecule has 5 rings (SSSR count). The van der Waals surface area contributed by atoms with Crippen LogP contribution in [0.5, 0.6) is 0 Å². The van der Waals surface area contributed by atoms with Gasteiger partial charge in [0, 0.05) is 29.9 Å². The van der Waals surface area contributed by atoms with Crippen LogP contribution in [0.2, 0.25) is 0 Å². The van der Waals surface area contributed by atoms with Gasteiger partial charge in [-0.15, -0.1) is 11.8 Å². The molecule has 8 heteroatoms. The lowest BCUT2D eigenvalue weighted by Gasteiger charge is -2.29. The predicted octanol–water partition coefficient (Wildman–Crippen LogP) is 4.23. The second kappa shape index (κ2) is 9.91. The molecule has 2 N–H and O–H groups in total. The Morgan fingerprint density at radius 2 is 1.67 bits per heavy atom. The van der Waals surface area contributed by atoms with Gasteiger partial charge < -0.3 is 20.1 Å². The van der Waals surface area contributed by atoms with Crippen molar-refractivity contribution in [3.8, 4) is 0 Å². The minimum atomic E-state index is -0.904. The van der Waals surface area contributed by atoms with Crippen LogP contribution in [0, 0.1) is 0 Å². The van der Waals surface area contributed by atoms with E-state index in [2.05, 4.69) is 10.3 Å². The van der Waals surface area contributed by atoms with E-state index >= 15 is 0 Å². The van der Waals surface area contributed by atoms with Crippen molar-refractivity contribution >= 4 is 46.1 Å². The minimum absolute atomic E-state index is 0.121. The third-order valence-electron chi connectivity index (χ3n) is 6.23. The van der Waals surface area contributed by atoms with E-state index in [1.54, 1.807) is 20.2 Å². The molecule has 1 aromatic heterocycles. The molecule has 0 unspecified atom stereocenters. The van der Waals surface area contributed by atoms with E-state index in [1.807, 2.05) is 78.9 Å².